The normalized spacial score (nSPS) is 21.7. The van der Waals surface area contributed by atoms with Crippen LogP contribution in [0.3, 0.4) is 0 Å². The van der Waals surface area contributed by atoms with Gasteiger partial charge in [0.15, 0.2) is 0 Å². The van der Waals surface area contributed by atoms with Gasteiger partial charge in [-0.1, -0.05) is 20.8 Å². The first-order valence-electron chi connectivity index (χ1n) is 6.83. The van der Waals surface area contributed by atoms with Crippen LogP contribution in [0, 0.1) is 0 Å². The summed E-state index contributed by atoms with van der Waals surface area (Å²) in [6, 6.07) is 0.653. The topological polar surface area (TPSA) is 33.1 Å². The molecular weight excluding hydrogens is 224 g/mol. The lowest BCUT2D eigenvalue weighted by molar-refractivity contribution is 0.319. The third kappa shape index (κ3) is 2.93. The van der Waals surface area contributed by atoms with Crippen molar-refractivity contribution in [1.82, 2.24) is 20.0 Å². The molecule has 0 saturated carbocycles. The van der Waals surface area contributed by atoms with E-state index in [0.29, 0.717) is 6.04 Å². The minimum atomic E-state index is 0.124. The summed E-state index contributed by atoms with van der Waals surface area (Å²) >= 11 is 0. The van der Waals surface area contributed by atoms with Crippen LogP contribution in [0.4, 0.5) is 0 Å². The van der Waals surface area contributed by atoms with Gasteiger partial charge in [-0.25, -0.2) is 0 Å². The van der Waals surface area contributed by atoms with Gasteiger partial charge in [-0.2, -0.15) is 5.10 Å². The van der Waals surface area contributed by atoms with Gasteiger partial charge in [0.2, 0.25) is 0 Å². The molecule has 1 N–H and O–H groups in total. The molecule has 2 rings (SSSR count). The standard InChI is InChI=1S/C14H26N4/c1-14(2,3)13-11(8-17(5)16-13)9-18-7-6-12(10-18)15-4/h8,12,15H,6-7,9-10H2,1-5H3. The summed E-state index contributed by atoms with van der Waals surface area (Å²) in [6.07, 6.45) is 3.43. The Labute approximate surface area is 110 Å². The molecule has 1 aromatic rings. The van der Waals surface area contributed by atoms with Crippen LogP contribution in [0.15, 0.2) is 6.20 Å². The van der Waals surface area contributed by atoms with E-state index in [4.69, 9.17) is 0 Å². The first kappa shape index (κ1) is 13.6. The van der Waals surface area contributed by atoms with Crippen LogP contribution in [0.25, 0.3) is 0 Å². The lowest BCUT2D eigenvalue weighted by Crippen LogP contribution is -2.29. The second kappa shape index (κ2) is 5.02. The maximum atomic E-state index is 4.64. The molecule has 0 bridgehead atoms. The van der Waals surface area contributed by atoms with Crippen molar-refractivity contribution in [2.45, 2.75) is 45.2 Å². The van der Waals surface area contributed by atoms with Crippen molar-refractivity contribution in [2.24, 2.45) is 7.05 Å². The van der Waals surface area contributed by atoms with E-state index in [1.165, 1.54) is 24.2 Å². The van der Waals surface area contributed by atoms with E-state index < -0.39 is 0 Å². The van der Waals surface area contributed by atoms with Gasteiger partial charge in [0.1, 0.15) is 0 Å². The fourth-order valence-electron chi connectivity index (χ4n) is 2.74. The minimum absolute atomic E-state index is 0.124. The molecular formula is C14H26N4. The van der Waals surface area contributed by atoms with Crippen molar-refractivity contribution in [3.63, 3.8) is 0 Å². The van der Waals surface area contributed by atoms with E-state index in [1.54, 1.807) is 0 Å². The van der Waals surface area contributed by atoms with E-state index in [9.17, 15) is 0 Å². The van der Waals surface area contributed by atoms with E-state index >= 15 is 0 Å². The summed E-state index contributed by atoms with van der Waals surface area (Å²) in [4.78, 5) is 2.52. The predicted molar refractivity (Wildman–Crippen MR) is 74.6 cm³/mol. The molecule has 4 heteroatoms. The maximum Gasteiger partial charge on any atom is 0.0722 e. The average Bonchev–Trinajstić information content (AvgIpc) is 2.85. The fourth-order valence-corrected chi connectivity index (χ4v) is 2.74. The van der Waals surface area contributed by atoms with Crippen LogP contribution in [0.1, 0.15) is 38.4 Å². The van der Waals surface area contributed by atoms with Crippen LogP contribution >= 0.6 is 0 Å². The molecule has 2 heterocycles. The van der Waals surface area contributed by atoms with Crippen molar-refractivity contribution in [2.75, 3.05) is 20.1 Å². The molecule has 0 radical (unpaired) electrons. The first-order valence-corrected chi connectivity index (χ1v) is 6.83. The number of hydrogen-bond donors (Lipinski definition) is 1. The van der Waals surface area contributed by atoms with Crippen molar-refractivity contribution in [3.8, 4) is 0 Å². The quantitative estimate of drug-likeness (QED) is 0.883. The SMILES string of the molecule is CNC1CCN(Cc2cn(C)nc2C(C)(C)C)C1. The van der Waals surface area contributed by atoms with Crippen LogP contribution in [-0.2, 0) is 19.0 Å². The molecule has 1 aliphatic heterocycles. The molecule has 1 atom stereocenters. The zero-order valence-electron chi connectivity index (χ0n) is 12.3. The molecule has 1 fully saturated rings. The molecule has 0 spiro atoms. The zero-order chi connectivity index (χ0) is 13.3. The molecule has 0 aromatic carbocycles. The molecule has 102 valence electrons. The number of rotatable bonds is 3. The van der Waals surface area contributed by atoms with E-state index in [2.05, 4.69) is 49.3 Å². The Bertz CT molecular complexity index is 402. The van der Waals surface area contributed by atoms with Crippen LogP contribution < -0.4 is 5.32 Å². The molecule has 0 aliphatic carbocycles. The summed E-state index contributed by atoms with van der Waals surface area (Å²) in [5.41, 5.74) is 2.73. The highest BCUT2D eigenvalue weighted by molar-refractivity contribution is 5.24. The lowest BCUT2D eigenvalue weighted by Gasteiger charge is -2.20. The number of nitrogens with one attached hydrogen (secondary N) is 1. The van der Waals surface area contributed by atoms with E-state index in [-0.39, 0.29) is 5.41 Å². The molecule has 1 aromatic heterocycles. The summed E-state index contributed by atoms with van der Waals surface area (Å²) in [7, 11) is 4.07. The number of likely N-dealkylation sites (tertiary alicyclic amines) is 1. The number of hydrogen-bond acceptors (Lipinski definition) is 3. The summed E-state index contributed by atoms with van der Waals surface area (Å²) in [5, 5.41) is 8.00. The highest BCUT2D eigenvalue weighted by atomic mass is 15.3. The van der Waals surface area contributed by atoms with Crippen LogP contribution in [0.2, 0.25) is 0 Å². The Morgan fingerprint density at radius 3 is 2.72 bits per heavy atom. The highest BCUT2D eigenvalue weighted by Gasteiger charge is 2.26. The predicted octanol–water partition coefficient (Wildman–Crippen LogP) is 1.51. The molecule has 1 saturated heterocycles. The number of aromatic nitrogens is 2. The lowest BCUT2D eigenvalue weighted by atomic mass is 9.89. The van der Waals surface area contributed by atoms with Gasteiger partial charge in [0, 0.05) is 49.9 Å². The fraction of sp³-hybridized carbons (Fsp3) is 0.786. The smallest absolute Gasteiger partial charge is 0.0722 e. The summed E-state index contributed by atoms with van der Waals surface area (Å²) < 4.78 is 1.95. The Balaban J connectivity index is 2.10. The Morgan fingerprint density at radius 1 is 1.44 bits per heavy atom. The van der Waals surface area contributed by atoms with Gasteiger partial charge in [-0.3, -0.25) is 9.58 Å². The molecule has 1 unspecified atom stereocenters. The van der Waals surface area contributed by atoms with Crippen LogP contribution in [-0.4, -0.2) is 40.9 Å². The minimum Gasteiger partial charge on any atom is -0.316 e. The number of nitrogens with zero attached hydrogens (tertiary/aromatic N) is 3. The molecule has 0 amide bonds. The Kier molecular flexibility index (Phi) is 3.78. The summed E-state index contributed by atoms with van der Waals surface area (Å²) in [5.74, 6) is 0. The monoisotopic (exact) mass is 250 g/mol. The third-order valence-electron chi connectivity index (χ3n) is 3.69. The van der Waals surface area contributed by atoms with Gasteiger partial charge < -0.3 is 5.32 Å². The number of likely N-dealkylation sites (N-methyl/N-ethyl adjacent to an activating group) is 1. The Hall–Kier alpha value is -0.870. The maximum absolute atomic E-state index is 4.64. The van der Waals surface area contributed by atoms with Crippen LogP contribution in [0.5, 0.6) is 0 Å². The first-order chi connectivity index (χ1) is 8.40. The van der Waals surface area contributed by atoms with Gasteiger partial charge in [-0.15, -0.1) is 0 Å². The average molecular weight is 250 g/mol. The third-order valence-corrected chi connectivity index (χ3v) is 3.69. The van der Waals surface area contributed by atoms with Gasteiger partial charge in [0.05, 0.1) is 5.69 Å². The van der Waals surface area contributed by atoms with Gasteiger partial charge in [-0.05, 0) is 13.5 Å². The van der Waals surface area contributed by atoms with Crippen molar-refractivity contribution in [1.29, 1.82) is 0 Å². The summed E-state index contributed by atoms with van der Waals surface area (Å²) in [6.45, 7) is 10.1. The second-order valence-corrected chi connectivity index (χ2v) is 6.44. The number of aryl methyl sites for hydroxylation is 1. The van der Waals surface area contributed by atoms with Gasteiger partial charge >= 0.3 is 0 Å². The largest absolute Gasteiger partial charge is 0.316 e. The van der Waals surface area contributed by atoms with Gasteiger partial charge in [0.25, 0.3) is 0 Å². The van der Waals surface area contributed by atoms with E-state index in [1.807, 2.05) is 11.7 Å². The molecule has 4 nitrogen and oxygen atoms in total. The zero-order valence-corrected chi connectivity index (χ0v) is 12.3. The van der Waals surface area contributed by atoms with E-state index in [0.717, 1.165) is 13.1 Å². The highest BCUT2D eigenvalue weighted by Crippen LogP contribution is 2.26. The van der Waals surface area contributed by atoms with Crippen molar-refractivity contribution < 1.29 is 0 Å². The second-order valence-electron chi connectivity index (χ2n) is 6.44. The van der Waals surface area contributed by atoms with Crippen molar-refractivity contribution >= 4 is 0 Å². The van der Waals surface area contributed by atoms with Crippen molar-refractivity contribution in [3.05, 3.63) is 17.5 Å². The molecule has 1 aliphatic rings. The Morgan fingerprint density at radius 2 is 2.17 bits per heavy atom. The molecule has 18 heavy (non-hydrogen) atoms.